The van der Waals surface area contributed by atoms with Gasteiger partial charge in [0.05, 0.1) is 12.6 Å². The van der Waals surface area contributed by atoms with Crippen molar-refractivity contribution in [3.63, 3.8) is 0 Å². The first-order valence-corrected chi connectivity index (χ1v) is 5.47. The summed E-state index contributed by atoms with van der Waals surface area (Å²) >= 11 is 0. The lowest BCUT2D eigenvalue weighted by Crippen LogP contribution is -2.41. The van der Waals surface area contributed by atoms with E-state index < -0.39 is 11.9 Å². The summed E-state index contributed by atoms with van der Waals surface area (Å²) in [4.78, 5) is 21.7. The van der Waals surface area contributed by atoms with Crippen LogP contribution in [0.3, 0.4) is 0 Å². The Kier molecular flexibility index (Phi) is 8.46. The Balaban J connectivity index is 3.45. The molecule has 5 N–H and O–H groups in total. The van der Waals surface area contributed by atoms with Crippen molar-refractivity contribution in [3.05, 3.63) is 0 Å². The zero-order valence-electron chi connectivity index (χ0n) is 9.70. The summed E-state index contributed by atoms with van der Waals surface area (Å²) < 4.78 is 4.88. The smallest absolute Gasteiger partial charge is 0.243 e. The van der Waals surface area contributed by atoms with Crippen LogP contribution in [0.1, 0.15) is 26.2 Å². The third-order valence-electron chi connectivity index (χ3n) is 2.00. The number of carbonyl (C=O) groups is 2. The number of ether oxygens (including phenoxy) is 1. The van der Waals surface area contributed by atoms with Crippen LogP contribution in [-0.4, -0.2) is 37.6 Å². The van der Waals surface area contributed by atoms with Gasteiger partial charge in [-0.1, -0.05) is 19.8 Å². The number of primary amides is 1. The fourth-order valence-electron chi connectivity index (χ4n) is 1.11. The maximum absolute atomic E-state index is 11.4. The summed E-state index contributed by atoms with van der Waals surface area (Å²) in [6.07, 6.45) is 2.64. The molecule has 0 saturated heterocycles. The van der Waals surface area contributed by atoms with Gasteiger partial charge in [-0.3, -0.25) is 9.59 Å². The molecule has 94 valence electrons. The van der Waals surface area contributed by atoms with Gasteiger partial charge < -0.3 is 21.5 Å². The lowest BCUT2D eigenvalue weighted by Gasteiger charge is -2.11. The highest BCUT2D eigenvalue weighted by Gasteiger charge is 2.11. The van der Waals surface area contributed by atoms with Gasteiger partial charge in [0.1, 0.15) is 6.61 Å². The van der Waals surface area contributed by atoms with Crippen LogP contribution < -0.4 is 16.8 Å². The minimum atomic E-state index is -0.522. The SMILES string of the molecule is CCCC[C@H](N)C(=O)NCCOCC(N)=O. The second kappa shape index (κ2) is 9.11. The molecule has 0 aromatic carbocycles. The Morgan fingerprint density at radius 2 is 2.12 bits per heavy atom. The van der Waals surface area contributed by atoms with Crippen LogP contribution in [0.5, 0.6) is 0 Å². The Morgan fingerprint density at radius 1 is 1.44 bits per heavy atom. The van der Waals surface area contributed by atoms with E-state index in [-0.39, 0.29) is 19.1 Å². The third kappa shape index (κ3) is 8.19. The van der Waals surface area contributed by atoms with Gasteiger partial charge in [-0.2, -0.15) is 0 Å². The summed E-state index contributed by atoms with van der Waals surface area (Å²) in [5.41, 5.74) is 10.5. The second-order valence-electron chi connectivity index (χ2n) is 3.56. The molecule has 0 aliphatic rings. The maximum atomic E-state index is 11.4. The van der Waals surface area contributed by atoms with Gasteiger partial charge >= 0.3 is 0 Å². The van der Waals surface area contributed by atoms with Crippen LogP contribution in [-0.2, 0) is 14.3 Å². The van der Waals surface area contributed by atoms with E-state index in [4.69, 9.17) is 16.2 Å². The Hall–Kier alpha value is -1.14. The summed E-state index contributed by atoms with van der Waals surface area (Å²) in [5.74, 6) is -0.706. The highest BCUT2D eigenvalue weighted by Crippen LogP contribution is 1.97. The summed E-state index contributed by atoms with van der Waals surface area (Å²) in [6.45, 7) is 2.52. The normalized spacial score (nSPS) is 12.1. The van der Waals surface area contributed by atoms with E-state index in [9.17, 15) is 9.59 Å². The average Bonchev–Trinajstić information content (AvgIpc) is 2.24. The number of hydrogen-bond acceptors (Lipinski definition) is 4. The summed E-state index contributed by atoms with van der Waals surface area (Å²) in [6, 6.07) is -0.462. The van der Waals surface area contributed by atoms with Crippen molar-refractivity contribution in [1.29, 1.82) is 0 Å². The van der Waals surface area contributed by atoms with E-state index in [1.54, 1.807) is 0 Å². The fraction of sp³-hybridized carbons (Fsp3) is 0.800. The molecule has 6 heteroatoms. The van der Waals surface area contributed by atoms with E-state index in [1.165, 1.54) is 0 Å². The van der Waals surface area contributed by atoms with Crippen molar-refractivity contribution in [1.82, 2.24) is 5.32 Å². The first-order valence-electron chi connectivity index (χ1n) is 5.47. The van der Waals surface area contributed by atoms with Gasteiger partial charge in [0.15, 0.2) is 0 Å². The molecule has 2 amide bonds. The largest absolute Gasteiger partial charge is 0.370 e. The molecular formula is C10H21N3O3. The summed E-state index contributed by atoms with van der Waals surface area (Å²) in [5, 5.41) is 2.62. The number of amides is 2. The van der Waals surface area contributed by atoms with E-state index >= 15 is 0 Å². The molecule has 1 atom stereocenters. The molecule has 16 heavy (non-hydrogen) atoms. The first-order chi connectivity index (χ1) is 7.57. The highest BCUT2D eigenvalue weighted by molar-refractivity contribution is 5.81. The third-order valence-corrected chi connectivity index (χ3v) is 2.00. The van der Waals surface area contributed by atoms with Gasteiger partial charge in [-0.25, -0.2) is 0 Å². The first kappa shape index (κ1) is 14.9. The van der Waals surface area contributed by atoms with Gasteiger partial charge in [-0.15, -0.1) is 0 Å². The average molecular weight is 231 g/mol. The van der Waals surface area contributed by atoms with Crippen molar-refractivity contribution in [3.8, 4) is 0 Å². The highest BCUT2D eigenvalue weighted by atomic mass is 16.5. The number of nitrogens with one attached hydrogen (secondary N) is 1. The minimum absolute atomic E-state index is 0.127. The molecule has 0 aromatic rings. The van der Waals surface area contributed by atoms with Crippen molar-refractivity contribution in [2.45, 2.75) is 32.2 Å². The lowest BCUT2D eigenvalue weighted by molar-refractivity contribution is -0.123. The zero-order chi connectivity index (χ0) is 12.4. The molecule has 0 aliphatic heterocycles. The molecule has 0 spiro atoms. The van der Waals surface area contributed by atoms with E-state index in [1.807, 2.05) is 6.92 Å². The van der Waals surface area contributed by atoms with E-state index in [2.05, 4.69) is 5.32 Å². The van der Waals surface area contributed by atoms with Crippen LogP contribution in [0.15, 0.2) is 0 Å². The lowest BCUT2D eigenvalue weighted by atomic mass is 10.1. The Morgan fingerprint density at radius 3 is 2.69 bits per heavy atom. The minimum Gasteiger partial charge on any atom is -0.370 e. The number of hydrogen-bond donors (Lipinski definition) is 3. The molecule has 0 unspecified atom stereocenters. The van der Waals surface area contributed by atoms with Crippen LogP contribution in [0.2, 0.25) is 0 Å². The molecule has 0 fully saturated rings. The molecule has 0 saturated carbocycles. The van der Waals surface area contributed by atoms with E-state index in [0.29, 0.717) is 13.0 Å². The summed E-state index contributed by atoms with van der Waals surface area (Å²) in [7, 11) is 0. The molecule has 0 radical (unpaired) electrons. The maximum Gasteiger partial charge on any atom is 0.243 e. The molecular weight excluding hydrogens is 210 g/mol. The topological polar surface area (TPSA) is 107 Å². The molecule has 6 nitrogen and oxygen atoms in total. The van der Waals surface area contributed by atoms with Crippen molar-refractivity contribution < 1.29 is 14.3 Å². The molecule has 0 aliphatic carbocycles. The standard InChI is InChI=1S/C10H21N3O3/c1-2-3-4-8(11)10(15)13-5-6-16-7-9(12)14/h8H,2-7,11H2,1H3,(H2,12,14)(H,13,15)/t8-/m0/s1. The Bertz CT molecular complexity index is 221. The zero-order valence-corrected chi connectivity index (χ0v) is 9.70. The molecule has 0 aromatic heterocycles. The molecule has 0 rings (SSSR count). The van der Waals surface area contributed by atoms with Gasteiger partial charge in [0.2, 0.25) is 11.8 Å². The van der Waals surface area contributed by atoms with Crippen molar-refractivity contribution in [2.24, 2.45) is 11.5 Å². The predicted molar refractivity (Wildman–Crippen MR) is 60.5 cm³/mol. The molecule has 0 bridgehead atoms. The number of carbonyl (C=O) groups excluding carboxylic acids is 2. The van der Waals surface area contributed by atoms with Gasteiger partial charge in [-0.05, 0) is 6.42 Å². The Labute approximate surface area is 95.7 Å². The van der Waals surface area contributed by atoms with Gasteiger partial charge in [0.25, 0.3) is 0 Å². The van der Waals surface area contributed by atoms with Gasteiger partial charge in [0, 0.05) is 6.54 Å². The monoisotopic (exact) mass is 231 g/mol. The number of nitrogens with two attached hydrogens (primary N) is 2. The van der Waals surface area contributed by atoms with Crippen LogP contribution in [0.25, 0.3) is 0 Å². The van der Waals surface area contributed by atoms with Crippen LogP contribution >= 0.6 is 0 Å². The number of unbranched alkanes of at least 4 members (excludes halogenated alkanes) is 1. The second-order valence-corrected chi connectivity index (χ2v) is 3.56. The van der Waals surface area contributed by atoms with E-state index in [0.717, 1.165) is 12.8 Å². The predicted octanol–water partition coefficient (Wildman–Crippen LogP) is -0.878. The van der Waals surface area contributed by atoms with Crippen molar-refractivity contribution in [2.75, 3.05) is 19.8 Å². The van der Waals surface area contributed by atoms with Crippen LogP contribution in [0, 0.1) is 0 Å². The fourth-order valence-corrected chi connectivity index (χ4v) is 1.11. The quantitative estimate of drug-likeness (QED) is 0.448. The van der Waals surface area contributed by atoms with Crippen LogP contribution in [0.4, 0.5) is 0 Å². The van der Waals surface area contributed by atoms with Crippen molar-refractivity contribution >= 4 is 11.8 Å². The number of rotatable bonds is 9. The molecule has 0 heterocycles.